The van der Waals surface area contributed by atoms with Crippen molar-refractivity contribution in [1.82, 2.24) is 15.0 Å². The Bertz CT molecular complexity index is 173. The molecule has 0 aliphatic rings. The van der Waals surface area contributed by atoms with Crippen molar-refractivity contribution < 1.29 is 0 Å². The standard InChI is InChI=1S/C5H7N3S/c1-3-6-4(2)8-5(9)7-3/h1-2H3,(H,6,7,8,9). The third-order valence-electron chi connectivity index (χ3n) is 0.847. The molecule has 9 heavy (non-hydrogen) atoms. The van der Waals surface area contributed by atoms with Crippen molar-refractivity contribution in [1.29, 1.82) is 0 Å². The number of thiol groups is 1. The molecule has 1 heterocycles. The highest BCUT2D eigenvalue weighted by Gasteiger charge is 1.92. The smallest absolute Gasteiger partial charge is 0.187 e. The predicted octanol–water partition coefficient (Wildman–Crippen LogP) is 0.777. The summed E-state index contributed by atoms with van der Waals surface area (Å²) in [5, 5.41) is 0.486. The molecule has 3 nitrogen and oxygen atoms in total. The molecule has 0 saturated carbocycles. The molecule has 4 heteroatoms. The van der Waals surface area contributed by atoms with Gasteiger partial charge in [0.25, 0.3) is 0 Å². The van der Waals surface area contributed by atoms with E-state index in [-0.39, 0.29) is 0 Å². The van der Waals surface area contributed by atoms with Crippen LogP contribution in [0.4, 0.5) is 0 Å². The number of aromatic nitrogens is 3. The minimum atomic E-state index is 0.486. The van der Waals surface area contributed by atoms with Gasteiger partial charge in [-0.05, 0) is 13.8 Å². The van der Waals surface area contributed by atoms with Gasteiger partial charge in [0.15, 0.2) is 5.16 Å². The van der Waals surface area contributed by atoms with Crippen LogP contribution in [-0.2, 0) is 0 Å². The van der Waals surface area contributed by atoms with Crippen molar-refractivity contribution in [2.45, 2.75) is 19.0 Å². The first-order valence-corrected chi connectivity index (χ1v) is 3.01. The molecule has 0 aromatic carbocycles. The number of aryl methyl sites for hydroxylation is 2. The normalized spacial score (nSPS) is 9.67. The Kier molecular flexibility index (Phi) is 1.66. The quantitative estimate of drug-likeness (QED) is 0.542. The monoisotopic (exact) mass is 141 g/mol. The van der Waals surface area contributed by atoms with Crippen LogP contribution >= 0.6 is 12.6 Å². The Morgan fingerprint density at radius 1 is 1.00 bits per heavy atom. The van der Waals surface area contributed by atoms with Gasteiger partial charge in [-0.2, -0.15) is 0 Å². The van der Waals surface area contributed by atoms with Gasteiger partial charge in [0.2, 0.25) is 0 Å². The van der Waals surface area contributed by atoms with Crippen LogP contribution in [0.3, 0.4) is 0 Å². The SMILES string of the molecule is Cc1nc(C)nc(S)n1. The maximum Gasteiger partial charge on any atom is 0.187 e. The van der Waals surface area contributed by atoms with E-state index in [4.69, 9.17) is 0 Å². The molecule has 0 unspecified atom stereocenters. The van der Waals surface area contributed by atoms with E-state index in [0.29, 0.717) is 16.8 Å². The molecule has 1 aromatic rings. The van der Waals surface area contributed by atoms with Gasteiger partial charge in [0.1, 0.15) is 11.6 Å². The number of rotatable bonds is 0. The second kappa shape index (κ2) is 2.31. The van der Waals surface area contributed by atoms with Crippen molar-refractivity contribution in [2.24, 2.45) is 0 Å². The highest BCUT2D eigenvalue weighted by Crippen LogP contribution is 1.96. The summed E-state index contributed by atoms with van der Waals surface area (Å²) in [6.45, 7) is 3.63. The Labute approximate surface area is 59.0 Å². The molecule has 0 aliphatic heterocycles. The molecule has 0 saturated heterocycles. The average molecular weight is 141 g/mol. The van der Waals surface area contributed by atoms with Gasteiger partial charge in [-0.3, -0.25) is 0 Å². The Balaban J connectivity index is 3.17. The highest BCUT2D eigenvalue weighted by atomic mass is 32.1. The molecule has 1 rings (SSSR count). The first-order valence-electron chi connectivity index (χ1n) is 2.57. The van der Waals surface area contributed by atoms with Crippen LogP contribution in [0.2, 0.25) is 0 Å². The molecule has 0 spiro atoms. The largest absolute Gasteiger partial charge is 0.219 e. The average Bonchev–Trinajstić information content (AvgIpc) is 1.59. The van der Waals surface area contributed by atoms with Gasteiger partial charge in [-0.1, -0.05) is 0 Å². The van der Waals surface area contributed by atoms with E-state index >= 15 is 0 Å². The zero-order valence-corrected chi connectivity index (χ0v) is 6.18. The summed E-state index contributed by atoms with van der Waals surface area (Å²) in [5.41, 5.74) is 0. The summed E-state index contributed by atoms with van der Waals surface area (Å²) in [5.74, 6) is 1.43. The zero-order valence-electron chi connectivity index (χ0n) is 5.29. The fraction of sp³-hybridized carbons (Fsp3) is 0.400. The highest BCUT2D eigenvalue weighted by molar-refractivity contribution is 7.80. The maximum atomic E-state index is 3.96. The van der Waals surface area contributed by atoms with Gasteiger partial charge in [-0.25, -0.2) is 15.0 Å². The molecule has 48 valence electrons. The summed E-state index contributed by atoms with van der Waals surface area (Å²) in [6.07, 6.45) is 0. The lowest BCUT2D eigenvalue weighted by Crippen LogP contribution is -1.95. The van der Waals surface area contributed by atoms with Crippen LogP contribution in [0.5, 0.6) is 0 Å². The molecule has 0 atom stereocenters. The van der Waals surface area contributed by atoms with Gasteiger partial charge in [-0.15, -0.1) is 12.6 Å². The second-order valence-corrected chi connectivity index (χ2v) is 2.13. The lowest BCUT2D eigenvalue weighted by atomic mass is 10.6. The van der Waals surface area contributed by atoms with Crippen LogP contribution in [0, 0.1) is 13.8 Å². The van der Waals surface area contributed by atoms with Gasteiger partial charge >= 0.3 is 0 Å². The lowest BCUT2D eigenvalue weighted by Gasteiger charge is -1.93. The maximum absolute atomic E-state index is 3.96. The van der Waals surface area contributed by atoms with Crippen molar-refractivity contribution >= 4 is 12.6 Å². The van der Waals surface area contributed by atoms with E-state index in [1.54, 1.807) is 0 Å². The fourth-order valence-electron chi connectivity index (χ4n) is 0.599. The molecule has 0 fully saturated rings. The van der Waals surface area contributed by atoms with E-state index in [1.165, 1.54) is 0 Å². The summed E-state index contributed by atoms with van der Waals surface area (Å²) < 4.78 is 0. The number of hydrogen-bond donors (Lipinski definition) is 1. The molecule has 0 aliphatic carbocycles. The van der Waals surface area contributed by atoms with E-state index in [1.807, 2.05) is 13.8 Å². The summed E-state index contributed by atoms with van der Waals surface area (Å²) in [7, 11) is 0. The first-order chi connectivity index (χ1) is 4.18. The van der Waals surface area contributed by atoms with Gasteiger partial charge in [0.05, 0.1) is 0 Å². The van der Waals surface area contributed by atoms with Crippen LogP contribution in [0.1, 0.15) is 11.6 Å². The van der Waals surface area contributed by atoms with Gasteiger partial charge in [0, 0.05) is 0 Å². The molecule has 0 radical (unpaired) electrons. The Morgan fingerprint density at radius 2 is 1.44 bits per heavy atom. The molecule has 0 bridgehead atoms. The van der Waals surface area contributed by atoms with Crippen LogP contribution in [0.25, 0.3) is 0 Å². The Morgan fingerprint density at radius 3 is 1.78 bits per heavy atom. The third kappa shape index (κ3) is 1.64. The van der Waals surface area contributed by atoms with E-state index in [0.717, 1.165) is 0 Å². The van der Waals surface area contributed by atoms with Crippen molar-refractivity contribution in [3.05, 3.63) is 11.6 Å². The summed E-state index contributed by atoms with van der Waals surface area (Å²) in [4.78, 5) is 11.7. The van der Waals surface area contributed by atoms with Crippen molar-refractivity contribution in [3.8, 4) is 0 Å². The summed E-state index contributed by atoms with van der Waals surface area (Å²) >= 11 is 3.96. The molecule has 0 amide bonds. The summed E-state index contributed by atoms with van der Waals surface area (Å²) in [6, 6.07) is 0. The van der Waals surface area contributed by atoms with Crippen LogP contribution < -0.4 is 0 Å². The van der Waals surface area contributed by atoms with Crippen molar-refractivity contribution in [2.75, 3.05) is 0 Å². The van der Waals surface area contributed by atoms with Crippen LogP contribution in [0.15, 0.2) is 5.16 Å². The minimum Gasteiger partial charge on any atom is -0.219 e. The molecular formula is C5H7N3S. The Hall–Kier alpha value is -0.640. The van der Waals surface area contributed by atoms with E-state index in [2.05, 4.69) is 27.6 Å². The third-order valence-corrected chi connectivity index (χ3v) is 1.05. The molecular weight excluding hydrogens is 134 g/mol. The second-order valence-electron chi connectivity index (χ2n) is 1.73. The van der Waals surface area contributed by atoms with Crippen LogP contribution in [-0.4, -0.2) is 15.0 Å². The zero-order chi connectivity index (χ0) is 6.85. The number of nitrogens with zero attached hydrogens (tertiary/aromatic N) is 3. The molecule has 0 N–H and O–H groups in total. The topological polar surface area (TPSA) is 38.7 Å². The van der Waals surface area contributed by atoms with E-state index < -0.39 is 0 Å². The number of hydrogen-bond acceptors (Lipinski definition) is 4. The fourth-order valence-corrected chi connectivity index (χ4v) is 0.888. The first kappa shape index (κ1) is 6.48. The predicted molar refractivity (Wildman–Crippen MR) is 36.6 cm³/mol. The minimum absolute atomic E-state index is 0.486. The van der Waals surface area contributed by atoms with Crippen molar-refractivity contribution in [3.63, 3.8) is 0 Å². The van der Waals surface area contributed by atoms with Gasteiger partial charge < -0.3 is 0 Å². The lowest BCUT2D eigenvalue weighted by molar-refractivity contribution is 0.823. The molecule has 1 aromatic heterocycles. The van der Waals surface area contributed by atoms with E-state index in [9.17, 15) is 0 Å².